The van der Waals surface area contributed by atoms with Gasteiger partial charge in [-0.3, -0.25) is 9.59 Å². The molecular weight excluding hydrogens is 296 g/mol. The molecule has 0 aliphatic heterocycles. The van der Waals surface area contributed by atoms with E-state index in [0.717, 1.165) is 17.7 Å². The van der Waals surface area contributed by atoms with Crippen molar-refractivity contribution in [2.24, 2.45) is 5.73 Å². The van der Waals surface area contributed by atoms with Crippen LogP contribution in [0.5, 0.6) is 0 Å². The van der Waals surface area contributed by atoms with Gasteiger partial charge in [0.05, 0.1) is 5.56 Å². The van der Waals surface area contributed by atoms with Crippen molar-refractivity contribution in [3.8, 4) is 0 Å². The van der Waals surface area contributed by atoms with E-state index in [1.165, 1.54) is 22.5 Å². The van der Waals surface area contributed by atoms with Crippen molar-refractivity contribution in [3.63, 3.8) is 0 Å². The number of amides is 2. The summed E-state index contributed by atoms with van der Waals surface area (Å²) in [6.07, 6.45) is 2.05. The van der Waals surface area contributed by atoms with Gasteiger partial charge >= 0.3 is 0 Å². The number of hydrogen-bond acceptors (Lipinski definition) is 3. The minimum Gasteiger partial charge on any atom is -0.366 e. The average Bonchev–Trinajstić information content (AvgIpc) is 2.82. The molecule has 0 radical (unpaired) electrons. The predicted octanol–water partition coefficient (Wildman–Crippen LogP) is 3.43. The van der Waals surface area contributed by atoms with Gasteiger partial charge in [-0.1, -0.05) is 29.8 Å². The van der Waals surface area contributed by atoms with E-state index in [-0.39, 0.29) is 5.91 Å². The quantitative estimate of drug-likeness (QED) is 0.857. The molecule has 1 aromatic carbocycles. The first kappa shape index (κ1) is 16.2. The zero-order valence-corrected chi connectivity index (χ0v) is 13.6. The van der Waals surface area contributed by atoms with Crippen LogP contribution in [-0.4, -0.2) is 11.8 Å². The predicted molar refractivity (Wildman–Crippen MR) is 90.3 cm³/mol. The molecule has 3 N–H and O–H groups in total. The van der Waals surface area contributed by atoms with Crippen LogP contribution in [0.4, 0.5) is 5.00 Å². The van der Waals surface area contributed by atoms with E-state index in [4.69, 9.17) is 5.73 Å². The van der Waals surface area contributed by atoms with Crippen LogP contribution in [0.25, 0.3) is 0 Å². The maximum Gasteiger partial charge on any atom is 0.251 e. The number of aryl methyl sites for hydroxylation is 3. The summed E-state index contributed by atoms with van der Waals surface area (Å²) in [5.41, 5.74) is 8.15. The van der Waals surface area contributed by atoms with Crippen LogP contribution in [0.15, 0.2) is 30.3 Å². The third kappa shape index (κ3) is 4.43. The van der Waals surface area contributed by atoms with Crippen molar-refractivity contribution in [2.75, 3.05) is 5.32 Å². The fourth-order valence-electron chi connectivity index (χ4n) is 2.19. The zero-order valence-electron chi connectivity index (χ0n) is 12.8. The van der Waals surface area contributed by atoms with Gasteiger partial charge in [-0.2, -0.15) is 0 Å². The summed E-state index contributed by atoms with van der Waals surface area (Å²) in [4.78, 5) is 24.3. The SMILES string of the molecule is Cc1ccc(CCCC(=O)Nc2sc(C)cc2C(N)=O)cc1. The Hall–Kier alpha value is -2.14. The molecule has 0 bridgehead atoms. The maximum atomic E-state index is 12.0. The van der Waals surface area contributed by atoms with Gasteiger partial charge in [0.25, 0.3) is 5.91 Å². The van der Waals surface area contributed by atoms with Crippen LogP contribution in [0.1, 0.15) is 39.2 Å². The largest absolute Gasteiger partial charge is 0.366 e. The second kappa shape index (κ2) is 7.22. The Morgan fingerprint density at radius 2 is 1.86 bits per heavy atom. The van der Waals surface area contributed by atoms with Gasteiger partial charge in [-0.25, -0.2) is 0 Å². The van der Waals surface area contributed by atoms with E-state index in [9.17, 15) is 9.59 Å². The first-order valence-electron chi connectivity index (χ1n) is 7.21. The smallest absolute Gasteiger partial charge is 0.251 e. The molecule has 2 rings (SSSR count). The summed E-state index contributed by atoms with van der Waals surface area (Å²) in [5, 5.41) is 3.33. The van der Waals surface area contributed by atoms with E-state index in [0.29, 0.717) is 17.0 Å². The first-order chi connectivity index (χ1) is 10.5. The molecule has 2 amide bonds. The third-order valence-electron chi connectivity index (χ3n) is 3.36. The lowest BCUT2D eigenvalue weighted by Crippen LogP contribution is -2.16. The van der Waals surface area contributed by atoms with Gasteiger partial charge in [0.15, 0.2) is 0 Å². The van der Waals surface area contributed by atoms with E-state index in [2.05, 4.69) is 36.5 Å². The summed E-state index contributed by atoms with van der Waals surface area (Å²) in [5.74, 6) is -0.601. The molecular formula is C17H20N2O2S. The fourth-order valence-corrected chi connectivity index (χ4v) is 3.12. The number of benzene rings is 1. The summed E-state index contributed by atoms with van der Waals surface area (Å²) in [7, 11) is 0. The molecule has 0 saturated heterocycles. The Balaban J connectivity index is 1.85. The van der Waals surface area contributed by atoms with Crippen LogP contribution in [0, 0.1) is 13.8 Å². The average molecular weight is 316 g/mol. The highest BCUT2D eigenvalue weighted by atomic mass is 32.1. The second-order valence-corrected chi connectivity index (χ2v) is 6.61. The molecule has 0 aliphatic carbocycles. The van der Waals surface area contributed by atoms with Crippen LogP contribution >= 0.6 is 11.3 Å². The van der Waals surface area contributed by atoms with E-state index >= 15 is 0 Å². The second-order valence-electron chi connectivity index (χ2n) is 5.35. The Morgan fingerprint density at radius 1 is 1.18 bits per heavy atom. The van der Waals surface area contributed by atoms with Crippen LogP contribution in [-0.2, 0) is 11.2 Å². The molecule has 0 unspecified atom stereocenters. The maximum absolute atomic E-state index is 12.0. The van der Waals surface area contributed by atoms with Crippen molar-refractivity contribution in [2.45, 2.75) is 33.1 Å². The molecule has 0 atom stereocenters. The molecule has 1 heterocycles. The molecule has 22 heavy (non-hydrogen) atoms. The number of rotatable bonds is 6. The van der Waals surface area contributed by atoms with E-state index in [1.54, 1.807) is 6.07 Å². The minimum atomic E-state index is -0.515. The monoisotopic (exact) mass is 316 g/mol. The lowest BCUT2D eigenvalue weighted by Gasteiger charge is -2.05. The van der Waals surface area contributed by atoms with Gasteiger partial charge in [-0.05, 0) is 38.3 Å². The molecule has 5 heteroatoms. The van der Waals surface area contributed by atoms with Gasteiger partial charge in [0.1, 0.15) is 5.00 Å². The molecule has 0 fully saturated rings. The van der Waals surface area contributed by atoms with Crippen molar-refractivity contribution >= 4 is 28.2 Å². The van der Waals surface area contributed by atoms with Crippen molar-refractivity contribution < 1.29 is 9.59 Å². The highest BCUT2D eigenvalue weighted by Gasteiger charge is 2.14. The molecule has 0 aliphatic rings. The Kier molecular flexibility index (Phi) is 5.33. The number of carbonyl (C=O) groups is 2. The number of primary amides is 1. The molecule has 1 aromatic heterocycles. The number of thiophene rings is 1. The van der Waals surface area contributed by atoms with E-state index in [1.807, 2.05) is 6.92 Å². The van der Waals surface area contributed by atoms with Gasteiger partial charge < -0.3 is 11.1 Å². The number of nitrogens with two attached hydrogens (primary N) is 1. The Labute approximate surface area is 134 Å². The lowest BCUT2D eigenvalue weighted by molar-refractivity contribution is -0.116. The minimum absolute atomic E-state index is 0.0866. The van der Waals surface area contributed by atoms with Crippen molar-refractivity contribution in [1.82, 2.24) is 0 Å². The van der Waals surface area contributed by atoms with Crippen molar-refractivity contribution in [1.29, 1.82) is 0 Å². The Morgan fingerprint density at radius 3 is 2.50 bits per heavy atom. The summed E-state index contributed by atoms with van der Waals surface area (Å²) in [6, 6.07) is 10.0. The highest BCUT2D eigenvalue weighted by Crippen LogP contribution is 2.27. The normalized spacial score (nSPS) is 10.5. The number of anilines is 1. The summed E-state index contributed by atoms with van der Waals surface area (Å²) in [6.45, 7) is 3.93. The number of hydrogen-bond donors (Lipinski definition) is 2. The highest BCUT2D eigenvalue weighted by molar-refractivity contribution is 7.16. The molecule has 2 aromatic rings. The number of nitrogens with one attached hydrogen (secondary N) is 1. The van der Waals surface area contributed by atoms with Gasteiger partial charge in [0, 0.05) is 11.3 Å². The molecule has 116 valence electrons. The molecule has 0 spiro atoms. The molecule has 4 nitrogen and oxygen atoms in total. The topological polar surface area (TPSA) is 72.2 Å². The summed E-state index contributed by atoms with van der Waals surface area (Å²) >= 11 is 1.37. The zero-order chi connectivity index (χ0) is 16.1. The fraction of sp³-hybridized carbons (Fsp3) is 0.294. The lowest BCUT2D eigenvalue weighted by atomic mass is 10.1. The Bertz CT molecular complexity index is 674. The van der Waals surface area contributed by atoms with Crippen molar-refractivity contribution in [3.05, 3.63) is 51.9 Å². The van der Waals surface area contributed by atoms with Gasteiger partial charge in [-0.15, -0.1) is 11.3 Å². The van der Waals surface area contributed by atoms with Crippen LogP contribution < -0.4 is 11.1 Å². The van der Waals surface area contributed by atoms with Crippen LogP contribution in [0.3, 0.4) is 0 Å². The summed E-state index contributed by atoms with van der Waals surface area (Å²) < 4.78 is 0. The van der Waals surface area contributed by atoms with Gasteiger partial charge in [0.2, 0.25) is 5.91 Å². The standard InChI is InChI=1S/C17H20N2O2S/c1-11-6-8-13(9-7-11)4-3-5-15(20)19-17-14(16(18)21)10-12(2)22-17/h6-10H,3-5H2,1-2H3,(H2,18,21)(H,19,20). The molecule has 0 saturated carbocycles. The first-order valence-corrected chi connectivity index (χ1v) is 8.03. The third-order valence-corrected chi connectivity index (χ3v) is 4.33. The number of carbonyl (C=O) groups excluding carboxylic acids is 2. The van der Waals surface area contributed by atoms with Crippen LogP contribution in [0.2, 0.25) is 0 Å². The van der Waals surface area contributed by atoms with E-state index < -0.39 is 5.91 Å².